The molecule has 3 aromatic heterocycles. The van der Waals surface area contributed by atoms with Crippen molar-refractivity contribution < 1.29 is 19.4 Å². The summed E-state index contributed by atoms with van der Waals surface area (Å²) in [7, 11) is 1.63. The van der Waals surface area contributed by atoms with Gasteiger partial charge in [0.25, 0.3) is 5.91 Å². The van der Waals surface area contributed by atoms with Crippen LogP contribution in [0.1, 0.15) is 30.1 Å². The second kappa shape index (κ2) is 8.73. The Labute approximate surface area is 179 Å². The Balaban J connectivity index is 1.61. The lowest BCUT2D eigenvalue weighted by atomic mass is 10.1. The molecule has 31 heavy (non-hydrogen) atoms. The number of aromatic nitrogens is 3. The number of aliphatic hydroxyl groups excluding tert-OH is 1. The van der Waals surface area contributed by atoms with E-state index in [4.69, 9.17) is 4.74 Å². The highest BCUT2D eigenvalue weighted by molar-refractivity contribution is 5.97. The maximum absolute atomic E-state index is 12.8. The maximum atomic E-state index is 12.8. The third-order valence-corrected chi connectivity index (χ3v) is 5.37. The Morgan fingerprint density at radius 2 is 2.13 bits per heavy atom. The van der Waals surface area contributed by atoms with Crippen molar-refractivity contribution >= 4 is 28.7 Å². The Hall–Kier alpha value is -3.46. The number of nitrogens with zero attached hydrogens (tertiary/aromatic N) is 5. The van der Waals surface area contributed by atoms with Crippen molar-refractivity contribution in [1.29, 1.82) is 0 Å². The average molecular weight is 423 g/mol. The van der Waals surface area contributed by atoms with Crippen molar-refractivity contribution in [3.8, 4) is 5.69 Å². The zero-order valence-corrected chi connectivity index (χ0v) is 17.6. The fourth-order valence-electron chi connectivity index (χ4n) is 3.73. The van der Waals surface area contributed by atoms with Gasteiger partial charge in [0.05, 0.1) is 42.0 Å². The number of hydrogen-bond donors (Lipinski definition) is 1. The highest BCUT2D eigenvalue weighted by Gasteiger charge is 2.23. The lowest BCUT2D eigenvalue weighted by molar-refractivity contribution is 0.0473. The van der Waals surface area contributed by atoms with Crippen LogP contribution < -0.4 is 4.90 Å². The zero-order chi connectivity index (χ0) is 22.0. The molecule has 3 aromatic rings. The molecule has 1 N–H and O–H groups in total. The summed E-state index contributed by atoms with van der Waals surface area (Å²) in [4.78, 5) is 36.6. The summed E-state index contributed by atoms with van der Waals surface area (Å²) >= 11 is 0. The number of pyridine rings is 2. The van der Waals surface area contributed by atoms with Crippen molar-refractivity contribution in [3.05, 3.63) is 48.5 Å². The molecule has 9 nitrogen and oxygen atoms in total. The van der Waals surface area contributed by atoms with E-state index in [9.17, 15) is 14.7 Å². The normalized spacial score (nSPS) is 16.4. The summed E-state index contributed by atoms with van der Waals surface area (Å²) in [6.45, 7) is 3.04. The molecule has 0 spiro atoms. The summed E-state index contributed by atoms with van der Waals surface area (Å²) in [5.41, 5.74) is 2.49. The number of hydrogen-bond acceptors (Lipinski definition) is 6. The van der Waals surface area contributed by atoms with Gasteiger partial charge in [-0.05, 0) is 38.0 Å². The zero-order valence-electron chi connectivity index (χ0n) is 17.6. The van der Waals surface area contributed by atoms with Gasteiger partial charge in [-0.2, -0.15) is 0 Å². The number of aliphatic hydroxyl groups is 1. The number of likely N-dealkylation sites (tertiary alicyclic amines) is 1. The predicted molar refractivity (Wildman–Crippen MR) is 115 cm³/mol. The number of carbonyl (C=O) groups is 2. The molecule has 1 aliphatic heterocycles. The van der Waals surface area contributed by atoms with Gasteiger partial charge in [0.15, 0.2) is 0 Å². The number of carbonyl (C=O) groups excluding carboxylic acids is 2. The van der Waals surface area contributed by atoms with E-state index in [-0.39, 0.29) is 5.91 Å². The van der Waals surface area contributed by atoms with Crippen molar-refractivity contribution in [2.24, 2.45) is 0 Å². The first-order chi connectivity index (χ1) is 15.0. The fourth-order valence-corrected chi connectivity index (χ4v) is 3.73. The van der Waals surface area contributed by atoms with Crippen molar-refractivity contribution in [1.82, 2.24) is 19.4 Å². The molecule has 1 aliphatic rings. The molecule has 0 bridgehead atoms. The standard InChI is InChI=1S/C22H25N5O4/c1-3-31-22(30)25(2)17-10-18(13-23-12-17)27-8-6-15-9-16(11-24-20(15)27)21(29)26-7-4-5-19(28)14-26/h6,8-13,19,28H,3-5,7,14H2,1-2H3. The van der Waals surface area contributed by atoms with Crippen molar-refractivity contribution in [3.63, 3.8) is 0 Å². The van der Waals surface area contributed by atoms with Crippen LogP contribution in [0.25, 0.3) is 16.7 Å². The van der Waals surface area contributed by atoms with Crippen LogP contribution >= 0.6 is 0 Å². The number of piperidine rings is 1. The number of rotatable bonds is 4. The van der Waals surface area contributed by atoms with Gasteiger partial charge in [-0.1, -0.05) is 0 Å². The predicted octanol–water partition coefficient (Wildman–Crippen LogP) is 2.61. The molecule has 0 aliphatic carbocycles. The lowest BCUT2D eigenvalue weighted by Crippen LogP contribution is -2.42. The van der Waals surface area contributed by atoms with E-state index in [0.29, 0.717) is 36.6 Å². The summed E-state index contributed by atoms with van der Waals surface area (Å²) in [6, 6.07) is 5.51. The van der Waals surface area contributed by atoms with Gasteiger partial charge in [-0.3, -0.25) is 19.2 Å². The van der Waals surface area contributed by atoms with Crippen LogP contribution in [0.5, 0.6) is 0 Å². The molecule has 0 aromatic carbocycles. The Morgan fingerprint density at radius 1 is 1.29 bits per heavy atom. The van der Waals surface area contributed by atoms with Gasteiger partial charge in [-0.15, -0.1) is 0 Å². The van der Waals surface area contributed by atoms with Crippen LogP contribution in [0, 0.1) is 0 Å². The van der Waals surface area contributed by atoms with E-state index in [1.165, 1.54) is 4.90 Å². The molecule has 1 atom stereocenters. The van der Waals surface area contributed by atoms with Crippen LogP contribution in [0.4, 0.5) is 10.5 Å². The molecule has 4 heterocycles. The van der Waals surface area contributed by atoms with Gasteiger partial charge in [0.2, 0.25) is 0 Å². The van der Waals surface area contributed by atoms with Crippen LogP contribution in [0.15, 0.2) is 43.0 Å². The van der Waals surface area contributed by atoms with Gasteiger partial charge < -0.3 is 14.7 Å². The van der Waals surface area contributed by atoms with Gasteiger partial charge >= 0.3 is 6.09 Å². The van der Waals surface area contributed by atoms with Crippen molar-refractivity contribution in [2.45, 2.75) is 25.9 Å². The number of fused-ring (bicyclic) bond motifs is 1. The first-order valence-electron chi connectivity index (χ1n) is 10.3. The molecule has 2 amide bonds. The highest BCUT2D eigenvalue weighted by Crippen LogP contribution is 2.23. The Bertz CT molecular complexity index is 1110. The van der Waals surface area contributed by atoms with Crippen LogP contribution in [-0.4, -0.2) is 69.4 Å². The van der Waals surface area contributed by atoms with Crippen LogP contribution in [0.2, 0.25) is 0 Å². The summed E-state index contributed by atoms with van der Waals surface area (Å²) in [5.74, 6) is -0.124. The SMILES string of the molecule is CCOC(=O)N(C)c1cncc(-n2ccc3cc(C(=O)N4CCCC(O)C4)cnc32)c1. The molecule has 1 fully saturated rings. The largest absolute Gasteiger partial charge is 0.449 e. The summed E-state index contributed by atoms with van der Waals surface area (Å²) in [6.07, 6.45) is 7.27. The number of amides is 2. The minimum atomic E-state index is -0.469. The third kappa shape index (κ3) is 4.22. The number of ether oxygens (including phenoxy) is 1. The van der Waals surface area contributed by atoms with E-state index in [1.807, 2.05) is 29.0 Å². The van der Waals surface area contributed by atoms with Gasteiger partial charge in [-0.25, -0.2) is 9.78 Å². The van der Waals surface area contributed by atoms with Crippen LogP contribution in [-0.2, 0) is 4.74 Å². The third-order valence-electron chi connectivity index (χ3n) is 5.37. The number of β-amino-alcohol motifs (C(OH)–C–C–N with tert-alkyl or cyclic N) is 1. The minimum absolute atomic E-state index is 0.124. The van der Waals surface area contributed by atoms with Crippen molar-refractivity contribution in [2.75, 3.05) is 31.6 Å². The highest BCUT2D eigenvalue weighted by atomic mass is 16.6. The monoisotopic (exact) mass is 423 g/mol. The second-order valence-electron chi connectivity index (χ2n) is 7.53. The minimum Gasteiger partial charge on any atom is -0.449 e. The second-order valence-corrected chi connectivity index (χ2v) is 7.53. The molecular weight excluding hydrogens is 398 g/mol. The Kier molecular flexibility index (Phi) is 5.85. The molecule has 1 unspecified atom stereocenters. The van der Waals surface area contributed by atoms with Crippen LogP contribution in [0.3, 0.4) is 0 Å². The van der Waals surface area contributed by atoms with E-state index >= 15 is 0 Å². The number of anilines is 1. The first-order valence-corrected chi connectivity index (χ1v) is 10.3. The molecular formula is C22H25N5O4. The summed E-state index contributed by atoms with van der Waals surface area (Å²) < 4.78 is 6.89. The molecule has 1 saturated heterocycles. The lowest BCUT2D eigenvalue weighted by Gasteiger charge is -2.30. The Morgan fingerprint density at radius 3 is 2.90 bits per heavy atom. The average Bonchev–Trinajstić information content (AvgIpc) is 3.21. The van der Waals surface area contributed by atoms with E-state index < -0.39 is 12.2 Å². The molecule has 4 rings (SSSR count). The van der Waals surface area contributed by atoms with Gasteiger partial charge in [0.1, 0.15) is 5.65 Å². The fraction of sp³-hybridized carbons (Fsp3) is 0.364. The van der Waals surface area contributed by atoms with E-state index in [1.54, 1.807) is 37.5 Å². The molecule has 0 radical (unpaired) electrons. The maximum Gasteiger partial charge on any atom is 0.414 e. The first kappa shape index (κ1) is 20.8. The van der Waals surface area contributed by atoms with Gasteiger partial charge in [0, 0.05) is 37.9 Å². The summed E-state index contributed by atoms with van der Waals surface area (Å²) in [5, 5.41) is 10.7. The topological polar surface area (TPSA) is 101 Å². The van der Waals surface area contributed by atoms with E-state index in [0.717, 1.165) is 23.9 Å². The quantitative estimate of drug-likeness (QED) is 0.692. The molecule has 9 heteroatoms. The van der Waals surface area contributed by atoms with E-state index in [2.05, 4.69) is 9.97 Å². The molecule has 0 saturated carbocycles. The smallest absolute Gasteiger partial charge is 0.414 e. The molecule has 162 valence electrons.